The van der Waals surface area contributed by atoms with Crippen LogP contribution in [-0.2, 0) is 9.53 Å². The fraction of sp³-hybridized carbons (Fsp3) is 0.333. The minimum absolute atomic E-state index is 0.0161. The Balaban J connectivity index is 1.35. The van der Waals surface area contributed by atoms with Crippen molar-refractivity contribution in [1.82, 2.24) is 10.2 Å². The number of nitrogens with two attached hydrogens (primary N) is 1. The second-order valence-corrected chi connectivity index (χ2v) is 8.71. The molecule has 9 nitrogen and oxygen atoms in total. The van der Waals surface area contributed by atoms with Crippen LogP contribution in [0.25, 0.3) is 5.70 Å². The van der Waals surface area contributed by atoms with Gasteiger partial charge in [-0.1, -0.05) is 24.8 Å². The second-order valence-electron chi connectivity index (χ2n) is 8.71. The number of nitrogens with zero attached hydrogens (tertiary/aromatic N) is 3. The van der Waals surface area contributed by atoms with Gasteiger partial charge in [0.1, 0.15) is 0 Å². The number of carbonyl (C=O) groups excluding carboxylic acids is 1. The van der Waals surface area contributed by atoms with Crippen molar-refractivity contribution in [2.24, 2.45) is 10.7 Å². The molecule has 4 rings (SSSR count). The summed E-state index contributed by atoms with van der Waals surface area (Å²) in [6, 6.07) is 15.7. The van der Waals surface area contributed by atoms with E-state index in [9.17, 15) is 4.79 Å². The lowest BCUT2D eigenvalue weighted by atomic mass is 10.1. The number of benzene rings is 2. The summed E-state index contributed by atoms with van der Waals surface area (Å²) in [5, 5.41) is 9.41. The van der Waals surface area contributed by atoms with E-state index in [1.54, 1.807) is 12.2 Å². The molecule has 36 heavy (non-hydrogen) atoms. The molecule has 0 bridgehead atoms. The van der Waals surface area contributed by atoms with Crippen molar-refractivity contribution in [2.45, 2.75) is 0 Å². The molecule has 2 saturated heterocycles. The molecule has 0 aromatic heterocycles. The van der Waals surface area contributed by atoms with Gasteiger partial charge in [-0.2, -0.15) is 0 Å². The highest BCUT2D eigenvalue weighted by Gasteiger charge is 2.14. The quantitative estimate of drug-likeness (QED) is 0.256. The van der Waals surface area contributed by atoms with Crippen LogP contribution in [0, 0.1) is 0 Å². The molecular weight excluding hydrogens is 454 g/mol. The Morgan fingerprint density at radius 2 is 1.64 bits per heavy atom. The van der Waals surface area contributed by atoms with Crippen LogP contribution in [0.3, 0.4) is 0 Å². The summed E-state index contributed by atoms with van der Waals surface area (Å²) < 4.78 is 5.42. The molecule has 0 unspecified atom stereocenters. The van der Waals surface area contributed by atoms with Gasteiger partial charge in [-0.25, -0.2) is 4.99 Å². The smallest absolute Gasteiger partial charge is 0.238 e. The van der Waals surface area contributed by atoms with Gasteiger partial charge in [0.15, 0.2) is 5.96 Å². The molecule has 2 aliphatic rings. The molecule has 0 spiro atoms. The summed E-state index contributed by atoms with van der Waals surface area (Å²) >= 11 is 0. The van der Waals surface area contributed by atoms with E-state index in [0.717, 1.165) is 75.1 Å². The fourth-order valence-electron chi connectivity index (χ4n) is 4.19. The maximum Gasteiger partial charge on any atom is 0.238 e. The van der Waals surface area contributed by atoms with E-state index in [1.807, 2.05) is 36.4 Å². The van der Waals surface area contributed by atoms with E-state index in [4.69, 9.17) is 10.5 Å². The highest BCUT2D eigenvalue weighted by molar-refractivity contribution is 5.96. The summed E-state index contributed by atoms with van der Waals surface area (Å²) in [5.74, 6) is 0.258. The molecule has 190 valence electrons. The number of nitrogens with one attached hydrogen (secondary N) is 3. The average Bonchev–Trinajstić information content (AvgIpc) is 2.90. The first kappa shape index (κ1) is 25.4. The van der Waals surface area contributed by atoms with E-state index in [0.29, 0.717) is 12.2 Å². The minimum Gasteiger partial charge on any atom is -0.378 e. The predicted octanol–water partition coefficient (Wildman–Crippen LogP) is 2.32. The molecule has 2 fully saturated rings. The van der Waals surface area contributed by atoms with Gasteiger partial charge in [0, 0.05) is 61.9 Å². The zero-order chi connectivity index (χ0) is 25.2. The highest BCUT2D eigenvalue weighted by atomic mass is 16.5. The lowest BCUT2D eigenvalue weighted by molar-refractivity contribution is -0.117. The largest absolute Gasteiger partial charge is 0.378 e. The topological polar surface area (TPSA) is 107 Å². The summed E-state index contributed by atoms with van der Waals surface area (Å²) in [5.41, 5.74) is 10.5. The molecular formula is C27H35N7O2. The van der Waals surface area contributed by atoms with Crippen molar-refractivity contribution in [3.8, 4) is 0 Å². The zero-order valence-corrected chi connectivity index (χ0v) is 20.6. The maximum atomic E-state index is 12.4. The lowest BCUT2D eigenvalue weighted by Gasteiger charge is -2.28. The Morgan fingerprint density at radius 1 is 1.00 bits per heavy atom. The van der Waals surface area contributed by atoms with Crippen molar-refractivity contribution < 1.29 is 9.53 Å². The number of piperazine rings is 1. The van der Waals surface area contributed by atoms with Gasteiger partial charge < -0.3 is 31.3 Å². The molecule has 2 aromatic carbocycles. The maximum absolute atomic E-state index is 12.4. The fourth-order valence-corrected chi connectivity index (χ4v) is 4.19. The monoisotopic (exact) mass is 489 g/mol. The van der Waals surface area contributed by atoms with Gasteiger partial charge in [-0.15, -0.1) is 0 Å². The number of guanidine groups is 1. The number of allylic oxidation sites excluding steroid dienone is 2. The van der Waals surface area contributed by atoms with Gasteiger partial charge in [0.25, 0.3) is 0 Å². The summed E-state index contributed by atoms with van der Waals surface area (Å²) in [4.78, 5) is 21.4. The molecule has 2 aliphatic heterocycles. The van der Waals surface area contributed by atoms with Crippen LogP contribution in [0.4, 0.5) is 17.1 Å². The second kappa shape index (κ2) is 12.9. The average molecular weight is 490 g/mol. The third-order valence-corrected chi connectivity index (χ3v) is 6.07. The molecule has 0 saturated carbocycles. The van der Waals surface area contributed by atoms with Crippen molar-refractivity contribution in [2.75, 3.05) is 74.6 Å². The van der Waals surface area contributed by atoms with Gasteiger partial charge >= 0.3 is 0 Å². The first-order valence-corrected chi connectivity index (χ1v) is 12.3. The van der Waals surface area contributed by atoms with E-state index in [2.05, 4.69) is 49.5 Å². The Bertz CT molecular complexity index is 1070. The molecule has 2 aromatic rings. The Kier molecular flexibility index (Phi) is 9.09. The minimum atomic E-state index is -0.0161. The summed E-state index contributed by atoms with van der Waals surface area (Å²) in [6.07, 6.45) is 3.47. The molecule has 0 radical (unpaired) electrons. The number of rotatable bonds is 8. The van der Waals surface area contributed by atoms with Gasteiger partial charge in [0.2, 0.25) is 5.91 Å². The number of hydrogen-bond acceptors (Lipinski definition) is 6. The van der Waals surface area contributed by atoms with Crippen molar-refractivity contribution in [3.05, 3.63) is 72.8 Å². The highest BCUT2D eigenvalue weighted by Crippen LogP contribution is 2.21. The Labute approximate surface area is 212 Å². The number of aliphatic imine (C=N–C) groups is 1. The zero-order valence-electron chi connectivity index (χ0n) is 20.6. The van der Waals surface area contributed by atoms with Crippen LogP contribution >= 0.6 is 0 Å². The van der Waals surface area contributed by atoms with Crippen molar-refractivity contribution >= 4 is 34.6 Å². The van der Waals surface area contributed by atoms with Crippen LogP contribution < -0.4 is 26.6 Å². The Morgan fingerprint density at radius 3 is 2.31 bits per heavy atom. The molecule has 5 N–H and O–H groups in total. The van der Waals surface area contributed by atoms with Crippen LogP contribution in [0.5, 0.6) is 0 Å². The van der Waals surface area contributed by atoms with E-state index in [1.165, 1.54) is 0 Å². The van der Waals surface area contributed by atoms with Crippen LogP contribution in [-0.4, -0.2) is 75.8 Å². The number of anilines is 3. The first-order valence-electron chi connectivity index (χ1n) is 12.3. The SMILES string of the molecule is C=C/C=C(\N=C(/N)Nc1ccc(N2CCOCC2)cc1)c1ccc(NC(=O)CN2CCNCC2)cc1. The van der Waals surface area contributed by atoms with Gasteiger partial charge in [-0.3, -0.25) is 9.69 Å². The molecule has 9 heteroatoms. The van der Waals surface area contributed by atoms with Gasteiger partial charge in [0.05, 0.1) is 25.5 Å². The number of amides is 1. The molecule has 1 amide bonds. The van der Waals surface area contributed by atoms with Crippen molar-refractivity contribution in [3.63, 3.8) is 0 Å². The standard InChI is InChI=1S/C27H35N7O2/c1-2-3-25(21-4-6-22(7-5-21)30-26(35)20-33-14-12-29-13-15-33)32-27(28)31-23-8-10-24(11-9-23)34-16-18-36-19-17-34/h2-11,29H,1,12-20H2,(H,30,35)(H3,28,31,32)/b25-3-. The Hall–Kier alpha value is -3.66. The summed E-state index contributed by atoms with van der Waals surface area (Å²) in [7, 11) is 0. The van der Waals surface area contributed by atoms with Crippen molar-refractivity contribution in [1.29, 1.82) is 0 Å². The number of morpholine rings is 1. The molecule has 0 atom stereocenters. The summed E-state index contributed by atoms with van der Waals surface area (Å²) in [6.45, 7) is 11.1. The van der Waals surface area contributed by atoms with E-state index < -0.39 is 0 Å². The first-order chi connectivity index (χ1) is 17.6. The number of ether oxygens (including phenoxy) is 1. The molecule has 0 aliphatic carbocycles. The van der Waals surface area contributed by atoms with Crippen LogP contribution in [0.2, 0.25) is 0 Å². The van der Waals surface area contributed by atoms with Crippen LogP contribution in [0.1, 0.15) is 5.56 Å². The number of hydrogen-bond donors (Lipinski definition) is 4. The lowest BCUT2D eigenvalue weighted by Crippen LogP contribution is -2.46. The van der Waals surface area contributed by atoms with E-state index in [-0.39, 0.29) is 11.9 Å². The predicted molar refractivity (Wildman–Crippen MR) is 147 cm³/mol. The van der Waals surface area contributed by atoms with Gasteiger partial charge in [-0.05, 0) is 42.5 Å². The molecule has 2 heterocycles. The van der Waals surface area contributed by atoms with E-state index >= 15 is 0 Å². The third kappa shape index (κ3) is 7.42. The third-order valence-electron chi connectivity index (χ3n) is 6.07. The normalized spacial score (nSPS) is 17.5. The number of carbonyl (C=O) groups is 1. The van der Waals surface area contributed by atoms with Crippen LogP contribution in [0.15, 0.2) is 72.3 Å².